The van der Waals surface area contributed by atoms with Crippen molar-refractivity contribution < 1.29 is 0 Å². The van der Waals surface area contributed by atoms with Crippen LogP contribution in [0.25, 0.3) is 0 Å². The molecular weight excluding hydrogens is 205 g/mol. The van der Waals surface area contributed by atoms with Crippen LogP contribution < -0.4 is 5.73 Å². The van der Waals surface area contributed by atoms with Gasteiger partial charge >= 0.3 is 0 Å². The maximum atomic E-state index is 5.83. The summed E-state index contributed by atoms with van der Waals surface area (Å²) in [6.45, 7) is 3.65. The molecule has 74 valence electrons. The fraction of sp³-hybridized carbons (Fsp3) is 0.200. The van der Waals surface area contributed by atoms with Gasteiger partial charge in [0.2, 0.25) is 0 Å². The van der Waals surface area contributed by atoms with Crippen LogP contribution in [0, 0.1) is 0 Å². The zero-order valence-electron chi connectivity index (χ0n) is 7.35. The normalized spacial score (nSPS) is 10.5. The second-order valence-corrected chi connectivity index (χ2v) is 2.54. The minimum absolute atomic E-state index is 0. The van der Waals surface area contributed by atoms with E-state index in [1.165, 1.54) is 5.56 Å². The van der Waals surface area contributed by atoms with E-state index in [9.17, 15) is 0 Å². The van der Waals surface area contributed by atoms with Gasteiger partial charge in [-0.25, -0.2) is 0 Å². The minimum Gasteiger partial charge on any atom is -0.324 e. The largest absolute Gasteiger partial charge is 0.324 e. The van der Waals surface area contributed by atoms with Crippen LogP contribution in [0.15, 0.2) is 43.0 Å². The molecule has 0 heterocycles. The molecule has 1 nitrogen and oxygen atoms in total. The standard InChI is InChI=1S/C10H13N.2ClH/c1-2-6-10(11)9-7-4-3-5-8-9;;/h2-5,7-8,10H,1,6,11H2;2*1H/t10-;;/m0../s1. The maximum absolute atomic E-state index is 5.83. The first kappa shape index (κ1) is 15.0. The van der Waals surface area contributed by atoms with Crippen molar-refractivity contribution >= 4 is 24.8 Å². The summed E-state index contributed by atoms with van der Waals surface area (Å²) in [5.41, 5.74) is 7.01. The van der Waals surface area contributed by atoms with Crippen LogP contribution in [0.1, 0.15) is 18.0 Å². The highest BCUT2D eigenvalue weighted by molar-refractivity contribution is 5.85. The summed E-state index contributed by atoms with van der Waals surface area (Å²) in [7, 11) is 0. The summed E-state index contributed by atoms with van der Waals surface area (Å²) in [6.07, 6.45) is 2.68. The molecule has 0 saturated carbocycles. The quantitative estimate of drug-likeness (QED) is 0.778. The average Bonchev–Trinajstić information content (AvgIpc) is 2.07. The van der Waals surface area contributed by atoms with Crippen molar-refractivity contribution in [2.45, 2.75) is 12.5 Å². The summed E-state index contributed by atoms with van der Waals surface area (Å²) in [5.74, 6) is 0. The Morgan fingerprint density at radius 3 is 2.23 bits per heavy atom. The minimum atomic E-state index is 0. The predicted molar refractivity (Wildman–Crippen MR) is 62.7 cm³/mol. The third kappa shape index (κ3) is 4.94. The number of rotatable bonds is 3. The molecule has 0 fully saturated rings. The summed E-state index contributed by atoms with van der Waals surface area (Å²) in [5, 5.41) is 0. The Labute approximate surface area is 91.8 Å². The monoisotopic (exact) mass is 219 g/mol. The third-order valence-electron chi connectivity index (χ3n) is 1.65. The highest BCUT2D eigenvalue weighted by atomic mass is 35.5. The molecule has 1 rings (SSSR count). The molecule has 0 aliphatic rings. The molecule has 3 heteroatoms. The second kappa shape index (κ2) is 8.11. The predicted octanol–water partition coefficient (Wildman–Crippen LogP) is 3.11. The van der Waals surface area contributed by atoms with Crippen molar-refractivity contribution in [3.63, 3.8) is 0 Å². The Bertz CT molecular complexity index is 224. The van der Waals surface area contributed by atoms with E-state index in [1.54, 1.807) is 0 Å². The molecule has 0 aromatic heterocycles. The Morgan fingerprint density at radius 1 is 1.23 bits per heavy atom. The molecule has 0 aliphatic heterocycles. The Hall–Kier alpha value is -0.500. The second-order valence-electron chi connectivity index (χ2n) is 2.54. The Kier molecular flexibility index (Phi) is 9.36. The van der Waals surface area contributed by atoms with Gasteiger partial charge in [0.25, 0.3) is 0 Å². The first-order chi connectivity index (χ1) is 5.34. The summed E-state index contributed by atoms with van der Waals surface area (Å²) in [6, 6.07) is 10.2. The van der Waals surface area contributed by atoms with Gasteiger partial charge in [-0.2, -0.15) is 0 Å². The van der Waals surface area contributed by atoms with Crippen molar-refractivity contribution in [2.75, 3.05) is 0 Å². The molecule has 0 radical (unpaired) electrons. The first-order valence-electron chi connectivity index (χ1n) is 3.76. The SMILES string of the molecule is C=CC[C@H](N)c1ccccc1.Cl.Cl. The molecule has 0 bridgehead atoms. The molecule has 1 aromatic carbocycles. The van der Waals surface area contributed by atoms with Crippen molar-refractivity contribution in [3.05, 3.63) is 48.6 Å². The van der Waals surface area contributed by atoms with Crippen molar-refractivity contribution in [2.24, 2.45) is 5.73 Å². The number of halogens is 2. The van der Waals surface area contributed by atoms with Crippen LogP contribution in [-0.4, -0.2) is 0 Å². The molecule has 1 atom stereocenters. The van der Waals surface area contributed by atoms with Crippen molar-refractivity contribution in [3.8, 4) is 0 Å². The van der Waals surface area contributed by atoms with E-state index in [2.05, 4.69) is 6.58 Å². The topological polar surface area (TPSA) is 26.0 Å². The number of hydrogen-bond acceptors (Lipinski definition) is 1. The zero-order valence-corrected chi connectivity index (χ0v) is 8.98. The Morgan fingerprint density at radius 2 is 1.77 bits per heavy atom. The van der Waals surface area contributed by atoms with Crippen LogP contribution in [0.5, 0.6) is 0 Å². The Balaban J connectivity index is 0. The molecule has 13 heavy (non-hydrogen) atoms. The fourth-order valence-electron chi connectivity index (χ4n) is 1.02. The van der Waals surface area contributed by atoms with Gasteiger partial charge in [-0.1, -0.05) is 36.4 Å². The fourth-order valence-corrected chi connectivity index (χ4v) is 1.02. The molecule has 0 unspecified atom stereocenters. The molecule has 0 spiro atoms. The van der Waals surface area contributed by atoms with Crippen LogP contribution in [0.4, 0.5) is 0 Å². The van der Waals surface area contributed by atoms with Gasteiger partial charge in [0.1, 0.15) is 0 Å². The average molecular weight is 220 g/mol. The summed E-state index contributed by atoms with van der Waals surface area (Å²) in [4.78, 5) is 0. The van der Waals surface area contributed by atoms with Gasteiger partial charge in [0.15, 0.2) is 0 Å². The number of hydrogen-bond donors (Lipinski definition) is 1. The van der Waals surface area contributed by atoms with Gasteiger partial charge in [0, 0.05) is 6.04 Å². The lowest BCUT2D eigenvalue weighted by molar-refractivity contribution is 0.742. The van der Waals surface area contributed by atoms with E-state index in [1.807, 2.05) is 36.4 Å². The van der Waals surface area contributed by atoms with Crippen LogP contribution in [0.3, 0.4) is 0 Å². The number of nitrogens with two attached hydrogens (primary N) is 1. The lowest BCUT2D eigenvalue weighted by Gasteiger charge is -2.07. The molecule has 0 aliphatic carbocycles. The highest BCUT2D eigenvalue weighted by Gasteiger charge is 2.00. The van der Waals surface area contributed by atoms with Gasteiger partial charge in [0.05, 0.1) is 0 Å². The molecule has 1 aromatic rings. The first-order valence-corrected chi connectivity index (χ1v) is 3.76. The van der Waals surface area contributed by atoms with Gasteiger partial charge in [-0.15, -0.1) is 31.4 Å². The molecule has 2 N–H and O–H groups in total. The maximum Gasteiger partial charge on any atom is 0.0329 e. The summed E-state index contributed by atoms with van der Waals surface area (Å²) >= 11 is 0. The van der Waals surface area contributed by atoms with Crippen LogP contribution >= 0.6 is 24.8 Å². The van der Waals surface area contributed by atoms with E-state index in [-0.39, 0.29) is 30.9 Å². The van der Waals surface area contributed by atoms with E-state index < -0.39 is 0 Å². The van der Waals surface area contributed by atoms with Gasteiger partial charge in [-0.3, -0.25) is 0 Å². The van der Waals surface area contributed by atoms with Gasteiger partial charge in [-0.05, 0) is 12.0 Å². The van der Waals surface area contributed by atoms with E-state index >= 15 is 0 Å². The molecule has 0 saturated heterocycles. The third-order valence-corrected chi connectivity index (χ3v) is 1.65. The van der Waals surface area contributed by atoms with Crippen LogP contribution in [0.2, 0.25) is 0 Å². The van der Waals surface area contributed by atoms with E-state index in [0.29, 0.717) is 0 Å². The van der Waals surface area contributed by atoms with Crippen molar-refractivity contribution in [1.82, 2.24) is 0 Å². The lowest BCUT2D eigenvalue weighted by atomic mass is 10.1. The zero-order chi connectivity index (χ0) is 8.10. The molecular formula is C10H15Cl2N. The lowest BCUT2D eigenvalue weighted by Crippen LogP contribution is -2.08. The summed E-state index contributed by atoms with van der Waals surface area (Å²) < 4.78 is 0. The van der Waals surface area contributed by atoms with Crippen LogP contribution in [-0.2, 0) is 0 Å². The molecule has 0 amide bonds. The van der Waals surface area contributed by atoms with E-state index in [0.717, 1.165) is 6.42 Å². The van der Waals surface area contributed by atoms with Gasteiger partial charge < -0.3 is 5.73 Å². The smallest absolute Gasteiger partial charge is 0.0329 e. The van der Waals surface area contributed by atoms with E-state index in [4.69, 9.17) is 5.73 Å². The number of benzene rings is 1. The highest BCUT2D eigenvalue weighted by Crippen LogP contribution is 2.12. The van der Waals surface area contributed by atoms with Crippen molar-refractivity contribution in [1.29, 1.82) is 0 Å².